The number of aromatic nitrogens is 3. The molecule has 1 aromatic carbocycles. The standard InChI is InChI=1S/C21H22ClN5O2/c22-15-5-3-14(4-6-15)12-29-21(28)27-10-1-2-17-18(27)8-11-26(17)20-16-7-9-23-19(16)24-13-25-20/h3-7,9,13,17-18H,1-2,8,10-12H2,(H,23,24,25). The van der Waals surface area contributed by atoms with Crippen LogP contribution in [0.2, 0.25) is 5.02 Å². The van der Waals surface area contributed by atoms with E-state index in [1.54, 1.807) is 18.5 Å². The molecule has 2 saturated heterocycles. The number of anilines is 1. The number of nitrogens with one attached hydrogen (secondary N) is 1. The summed E-state index contributed by atoms with van der Waals surface area (Å²) in [6.45, 7) is 1.86. The Balaban J connectivity index is 1.30. The third-order valence-corrected chi connectivity index (χ3v) is 6.18. The number of halogens is 1. The molecule has 2 aromatic heterocycles. The van der Waals surface area contributed by atoms with Crippen molar-refractivity contribution in [2.24, 2.45) is 0 Å². The summed E-state index contributed by atoms with van der Waals surface area (Å²) in [4.78, 5) is 29.1. The number of aromatic amines is 1. The van der Waals surface area contributed by atoms with Crippen molar-refractivity contribution >= 4 is 34.5 Å². The highest BCUT2D eigenvalue weighted by atomic mass is 35.5. The van der Waals surface area contributed by atoms with Crippen molar-refractivity contribution in [2.75, 3.05) is 18.0 Å². The molecular weight excluding hydrogens is 390 g/mol. The molecule has 7 nitrogen and oxygen atoms in total. The number of hydrogen-bond donors (Lipinski definition) is 1. The summed E-state index contributed by atoms with van der Waals surface area (Å²) in [7, 11) is 0. The average molecular weight is 412 g/mol. The Morgan fingerprint density at radius 3 is 2.86 bits per heavy atom. The zero-order chi connectivity index (χ0) is 19.8. The first-order chi connectivity index (χ1) is 14.2. The second-order valence-electron chi connectivity index (χ2n) is 7.57. The number of piperidine rings is 1. The molecular formula is C21H22ClN5O2. The lowest BCUT2D eigenvalue weighted by Gasteiger charge is -2.39. The van der Waals surface area contributed by atoms with Crippen LogP contribution in [0.4, 0.5) is 10.6 Å². The van der Waals surface area contributed by atoms with Gasteiger partial charge in [0.1, 0.15) is 24.4 Å². The summed E-state index contributed by atoms with van der Waals surface area (Å²) >= 11 is 5.92. The first-order valence-electron chi connectivity index (χ1n) is 9.93. The fourth-order valence-electron chi connectivity index (χ4n) is 4.57. The maximum Gasteiger partial charge on any atom is 0.410 e. The molecule has 2 aliphatic heterocycles. The Bertz CT molecular complexity index is 1020. The van der Waals surface area contributed by atoms with Gasteiger partial charge in [-0.25, -0.2) is 14.8 Å². The molecule has 3 aromatic rings. The van der Waals surface area contributed by atoms with E-state index in [9.17, 15) is 4.79 Å². The number of ether oxygens (including phenoxy) is 1. The van der Waals surface area contributed by atoms with Crippen LogP contribution < -0.4 is 4.90 Å². The van der Waals surface area contributed by atoms with Gasteiger partial charge in [0, 0.05) is 24.3 Å². The average Bonchev–Trinajstić information content (AvgIpc) is 3.39. The van der Waals surface area contributed by atoms with Crippen molar-refractivity contribution in [3.63, 3.8) is 0 Å². The number of carbonyl (C=O) groups excluding carboxylic acids is 1. The van der Waals surface area contributed by atoms with Crippen molar-refractivity contribution in [2.45, 2.75) is 38.0 Å². The summed E-state index contributed by atoms with van der Waals surface area (Å²) < 4.78 is 5.61. The minimum Gasteiger partial charge on any atom is -0.445 e. The summed E-state index contributed by atoms with van der Waals surface area (Å²) in [5, 5.41) is 1.70. The van der Waals surface area contributed by atoms with Gasteiger partial charge in [-0.2, -0.15) is 0 Å². The molecule has 2 fully saturated rings. The molecule has 1 N–H and O–H groups in total. The van der Waals surface area contributed by atoms with Gasteiger partial charge < -0.3 is 19.5 Å². The quantitative estimate of drug-likeness (QED) is 0.705. The largest absolute Gasteiger partial charge is 0.445 e. The molecule has 1 amide bonds. The zero-order valence-corrected chi connectivity index (χ0v) is 16.7. The van der Waals surface area contributed by atoms with Crippen molar-refractivity contribution in [3.05, 3.63) is 53.4 Å². The molecule has 0 radical (unpaired) electrons. The van der Waals surface area contributed by atoms with E-state index in [1.165, 1.54) is 0 Å². The first-order valence-corrected chi connectivity index (χ1v) is 10.3. The third kappa shape index (κ3) is 3.40. The highest BCUT2D eigenvalue weighted by Gasteiger charge is 2.43. The van der Waals surface area contributed by atoms with Crippen LogP contribution >= 0.6 is 11.6 Å². The molecule has 8 heteroatoms. The van der Waals surface area contributed by atoms with E-state index in [4.69, 9.17) is 16.3 Å². The molecule has 0 aliphatic carbocycles. The number of nitrogens with zero attached hydrogens (tertiary/aromatic N) is 4. The number of fused-ring (bicyclic) bond motifs is 2. The molecule has 0 spiro atoms. The number of likely N-dealkylation sites (tertiary alicyclic amines) is 1. The molecule has 5 rings (SSSR count). The van der Waals surface area contributed by atoms with Gasteiger partial charge in [-0.3, -0.25) is 0 Å². The van der Waals surface area contributed by atoms with E-state index in [0.29, 0.717) is 5.02 Å². The maximum absolute atomic E-state index is 12.8. The van der Waals surface area contributed by atoms with Gasteiger partial charge >= 0.3 is 6.09 Å². The van der Waals surface area contributed by atoms with Gasteiger partial charge in [-0.15, -0.1) is 0 Å². The van der Waals surface area contributed by atoms with Crippen LogP contribution in [0.3, 0.4) is 0 Å². The Morgan fingerprint density at radius 1 is 1.14 bits per heavy atom. The van der Waals surface area contributed by atoms with Gasteiger partial charge in [-0.1, -0.05) is 23.7 Å². The lowest BCUT2D eigenvalue weighted by atomic mass is 9.97. The molecule has 0 saturated carbocycles. The number of benzene rings is 1. The van der Waals surface area contributed by atoms with Crippen LogP contribution in [0.1, 0.15) is 24.8 Å². The minimum atomic E-state index is -0.244. The Morgan fingerprint density at radius 2 is 2.00 bits per heavy atom. The summed E-state index contributed by atoms with van der Waals surface area (Å²) in [5.41, 5.74) is 1.77. The highest BCUT2D eigenvalue weighted by molar-refractivity contribution is 6.30. The van der Waals surface area contributed by atoms with Crippen LogP contribution in [-0.2, 0) is 11.3 Å². The van der Waals surface area contributed by atoms with E-state index in [2.05, 4.69) is 19.9 Å². The van der Waals surface area contributed by atoms with Crippen molar-refractivity contribution in [1.29, 1.82) is 0 Å². The fraction of sp³-hybridized carbons (Fsp3) is 0.381. The molecule has 2 unspecified atom stereocenters. The monoisotopic (exact) mass is 411 g/mol. The number of rotatable bonds is 3. The summed E-state index contributed by atoms with van der Waals surface area (Å²) in [5.74, 6) is 0.945. The summed E-state index contributed by atoms with van der Waals surface area (Å²) in [6.07, 6.45) is 6.15. The topological polar surface area (TPSA) is 74.3 Å². The number of hydrogen-bond acceptors (Lipinski definition) is 5. The van der Waals surface area contributed by atoms with Crippen LogP contribution in [0.25, 0.3) is 11.0 Å². The maximum atomic E-state index is 12.8. The van der Waals surface area contributed by atoms with E-state index in [0.717, 1.165) is 54.8 Å². The van der Waals surface area contributed by atoms with Crippen molar-refractivity contribution in [1.82, 2.24) is 19.9 Å². The molecule has 29 heavy (non-hydrogen) atoms. The molecule has 150 valence electrons. The van der Waals surface area contributed by atoms with E-state index in [-0.39, 0.29) is 24.8 Å². The lowest BCUT2D eigenvalue weighted by Crippen LogP contribution is -2.52. The van der Waals surface area contributed by atoms with Gasteiger partial charge in [0.25, 0.3) is 0 Å². The molecule has 2 atom stereocenters. The summed E-state index contributed by atoms with van der Waals surface area (Å²) in [6, 6.07) is 9.77. The Kier molecular flexibility index (Phi) is 4.75. The fourth-order valence-corrected chi connectivity index (χ4v) is 4.70. The van der Waals surface area contributed by atoms with Crippen LogP contribution in [0.5, 0.6) is 0 Å². The van der Waals surface area contributed by atoms with E-state index >= 15 is 0 Å². The number of amides is 1. The first kappa shape index (κ1) is 18.2. The normalized spacial score (nSPS) is 21.4. The molecule has 4 heterocycles. The predicted octanol–water partition coefficient (Wildman–Crippen LogP) is 3.99. The van der Waals surface area contributed by atoms with E-state index in [1.807, 2.05) is 29.3 Å². The Hall–Kier alpha value is -2.80. The minimum absolute atomic E-state index is 0.144. The zero-order valence-electron chi connectivity index (χ0n) is 15.9. The van der Waals surface area contributed by atoms with Crippen molar-refractivity contribution in [3.8, 4) is 0 Å². The lowest BCUT2D eigenvalue weighted by molar-refractivity contribution is 0.0673. The predicted molar refractivity (Wildman–Crippen MR) is 111 cm³/mol. The van der Waals surface area contributed by atoms with Gasteiger partial charge in [0.15, 0.2) is 0 Å². The van der Waals surface area contributed by atoms with E-state index < -0.39 is 0 Å². The SMILES string of the molecule is O=C(OCc1ccc(Cl)cc1)N1CCCC2C1CCN2c1ncnc2[nH]ccc12. The van der Waals surface area contributed by atoms with Crippen LogP contribution in [0.15, 0.2) is 42.9 Å². The molecule has 2 aliphatic rings. The van der Waals surface area contributed by atoms with Gasteiger partial charge in [-0.05, 0) is 43.0 Å². The van der Waals surface area contributed by atoms with Gasteiger partial charge in [0.05, 0.1) is 17.5 Å². The van der Waals surface area contributed by atoms with Crippen LogP contribution in [-0.4, -0.2) is 51.1 Å². The number of H-pyrrole nitrogens is 1. The Labute approximate surface area is 173 Å². The number of carbonyl (C=O) groups is 1. The van der Waals surface area contributed by atoms with Crippen LogP contribution in [0, 0.1) is 0 Å². The highest BCUT2D eigenvalue weighted by Crippen LogP contribution is 2.36. The van der Waals surface area contributed by atoms with Crippen molar-refractivity contribution < 1.29 is 9.53 Å². The third-order valence-electron chi connectivity index (χ3n) is 5.92. The molecule has 0 bridgehead atoms. The smallest absolute Gasteiger partial charge is 0.410 e. The van der Waals surface area contributed by atoms with Gasteiger partial charge in [0.2, 0.25) is 0 Å². The second-order valence-corrected chi connectivity index (χ2v) is 8.01. The second kappa shape index (κ2) is 7.55.